The van der Waals surface area contributed by atoms with Crippen LogP contribution in [0.3, 0.4) is 0 Å². The standard InChI is InChI=1S/C28H37ClF3N7O2/c1-18(2)37-7-9-39(10-8-37)24-6-3-20-22(36-24)5-4-21(29)25(20)26(40)33-17-23(38-11-13-41-14-12-38)19-15-34-27(35-16-19)28(30,31)32/h3,6,15-16,18,21,23,25H,4-5,7-14,17H2,1-2H3,(H,33,40). The molecule has 41 heavy (non-hydrogen) atoms. The number of pyridine rings is 1. The predicted molar refractivity (Wildman–Crippen MR) is 149 cm³/mol. The van der Waals surface area contributed by atoms with Gasteiger partial charge in [0.1, 0.15) is 5.82 Å². The van der Waals surface area contributed by atoms with Crippen molar-refractivity contribution in [3.05, 3.63) is 47.2 Å². The molecule has 2 aromatic heterocycles. The van der Waals surface area contributed by atoms with E-state index in [1.54, 1.807) is 0 Å². The monoisotopic (exact) mass is 595 g/mol. The molecule has 9 nitrogen and oxygen atoms in total. The van der Waals surface area contributed by atoms with Crippen LogP contribution in [-0.2, 0) is 22.1 Å². The zero-order valence-corrected chi connectivity index (χ0v) is 24.2. The number of anilines is 1. The summed E-state index contributed by atoms with van der Waals surface area (Å²) < 4.78 is 44.6. The van der Waals surface area contributed by atoms with E-state index in [-0.39, 0.29) is 17.8 Å². The van der Waals surface area contributed by atoms with Crippen molar-refractivity contribution in [1.29, 1.82) is 0 Å². The van der Waals surface area contributed by atoms with Crippen LogP contribution in [0.5, 0.6) is 0 Å². The van der Waals surface area contributed by atoms with Crippen LogP contribution in [-0.4, -0.2) is 101 Å². The number of piperazine rings is 1. The second kappa shape index (κ2) is 12.8. The smallest absolute Gasteiger partial charge is 0.379 e. The van der Waals surface area contributed by atoms with Crippen LogP contribution >= 0.6 is 11.6 Å². The summed E-state index contributed by atoms with van der Waals surface area (Å²) in [5.74, 6) is -1.07. The maximum absolute atomic E-state index is 13.6. The van der Waals surface area contributed by atoms with Gasteiger partial charge >= 0.3 is 6.18 Å². The Kier molecular flexibility index (Phi) is 9.32. The highest BCUT2D eigenvalue weighted by molar-refractivity contribution is 6.23. The summed E-state index contributed by atoms with van der Waals surface area (Å²) >= 11 is 6.72. The Morgan fingerprint density at radius 1 is 1.07 bits per heavy atom. The second-order valence-electron chi connectivity index (χ2n) is 11.1. The van der Waals surface area contributed by atoms with Crippen molar-refractivity contribution in [2.75, 3.05) is 63.9 Å². The van der Waals surface area contributed by atoms with Crippen LogP contribution in [0.2, 0.25) is 0 Å². The Balaban J connectivity index is 1.30. The van der Waals surface area contributed by atoms with Crippen LogP contribution in [0.1, 0.15) is 54.9 Å². The molecule has 0 aromatic carbocycles. The van der Waals surface area contributed by atoms with Crippen molar-refractivity contribution in [2.45, 2.75) is 56.2 Å². The number of amides is 1. The average molecular weight is 596 g/mol. The van der Waals surface area contributed by atoms with Gasteiger partial charge in [-0.1, -0.05) is 6.07 Å². The summed E-state index contributed by atoms with van der Waals surface area (Å²) in [6, 6.07) is 4.07. The number of aromatic nitrogens is 3. The molecule has 2 aromatic rings. The third-order valence-corrected chi connectivity index (χ3v) is 8.74. The predicted octanol–water partition coefficient (Wildman–Crippen LogP) is 3.25. The normalized spacial score (nSPS) is 23.3. The van der Waals surface area contributed by atoms with E-state index in [0.717, 1.165) is 43.3 Å². The van der Waals surface area contributed by atoms with Gasteiger partial charge in [0.15, 0.2) is 0 Å². The first kappa shape index (κ1) is 29.9. The fourth-order valence-electron chi connectivity index (χ4n) is 5.88. The van der Waals surface area contributed by atoms with Crippen LogP contribution in [0.15, 0.2) is 24.5 Å². The molecule has 3 aliphatic rings. The maximum atomic E-state index is 13.6. The van der Waals surface area contributed by atoms with Gasteiger partial charge in [-0.25, -0.2) is 15.0 Å². The maximum Gasteiger partial charge on any atom is 0.451 e. The molecule has 5 rings (SSSR count). The van der Waals surface area contributed by atoms with Crippen molar-refractivity contribution in [3.63, 3.8) is 0 Å². The average Bonchev–Trinajstić information content (AvgIpc) is 2.97. The number of morpholine rings is 1. The molecule has 224 valence electrons. The van der Waals surface area contributed by atoms with Crippen LogP contribution in [0, 0.1) is 0 Å². The molecule has 1 aliphatic carbocycles. The van der Waals surface area contributed by atoms with E-state index in [0.29, 0.717) is 50.8 Å². The van der Waals surface area contributed by atoms with Gasteiger partial charge in [0.05, 0.1) is 25.2 Å². The highest BCUT2D eigenvalue weighted by Gasteiger charge is 2.37. The Morgan fingerprint density at radius 2 is 1.76 bits per heavy atom. The number of nitrogens with one attached hydrogen (secondary N) is 1. The van der Waals surface area contributed by atoms with E-state index in [2.05, 4.69) is 43.8 Å². The minimum absolute atomic E-state index is 0.175. The lowest BCUT2D eigenvalue weighted by atomic mass is 9.84. The Hall–Kier alpha value is -2.54. The molecule has 0 spiro atoms. The number of alkyl halides is 4. The molecule has 4 heterocycles. The van der Waals surface area contributed by atoms with Gasteiger partial charge in [-0.3, -0.25) is 14.6 Å². The first-order chi connectivity index (χ1) is 19.6. The van der Waals surface area contributed by atoms with Gasteiger partial charge in [0, 0.05) is 80.9 Å². The number of carbonyl (C=O) groups excluding carboxylic acids is 1. The SMILES string of the molecule is CC(C)N1CCN(c2ccc3c(n2)CCC(Cl)C3C(=O)NCC(c2cnc(C(F)(F)F)nc2)N2CCOCC2)CC1. The summed E-state index contributed by atoms with van der Waals surface area (Å²) in [7, 11) is 0. The number of nitrogens with zero attached hydrogens (tertiary/aromatic N) is 6. The fourth-order valence-corrected chi connectivity index (χ4v) is 6.24. The molecular weight excluding hydrogens is 559 g/mol. The second-order valence-corrected chi connectivity index (χ2v) is 11.7. The molecule has 2 saturated heterocycles. The molecule has 0 saturated carbocycles. The number of rotatable bonds is 7. The van der Waals surface area contributed by atoms with Gasteiger partial charge in [-0.15, -0.1) is 11.6 Å². The molecular formula is C28H37ClF3N7O2. The van der Waals surface area contributed by atoms with Crippen molar-refractivity contribution in [2.24, 2.45) is 0 Å². The summed E-state index contributed by atoms with van der Waals surface area (Å²) in [6.45, 7) is 10.5. The summed E-state index contributed by atoms with van der Waals surface area (Å²) in [6.07, 6.45) is -0.916. The number of aryl methyl sites for hydroxylation is 1. The molecule has 0 radical (unpaired) electrons. The van der Waals surface area contributed by atoms with E-state index in [9.17, 15) is 18.0 Å². The number of carbonyl (C=O) groups is 1. The minimum Gasteiger partial charge on any atom is -0.379 e. The Labute approximate surface area is 243 Å². The van der Waals surface area contributed by atoms with Crippen molar-refractivity contribution in [1.82, 2.24) is 30.1 Å². The molecule has 3 unspecified atom stereocenters. The van der Waals surface area contributed by atoms with Crippen molar-refractivity contribution < 1.29 is 22.7 Å². The molecule has 13 heteroatoms. The molecule has 0 bridgehead atoms. The Morgan fingerprint density at radius 3 is 2.39 bits per heavy atom. The number of ether oxygens (including phenoxy) is 1. The van der Waals surface area contributed by atoms with E-state index in [1.807, 2.05) is 12.1 Å². The van der Waals surface area contributed by atoms with Crippen LogP contribution in [0.25, 0.3) is 0 Å². The lowest BCUT2D eigenvalue weighted by Crippen LogP contribution is -2.49. The summed E-state index contributed by atoms with van der Waals surface area (Å²) in [5.41, 5.74) is 2.22. The van der Waals surface area contributed by atoms with Gasteiger partial charge in [-0.2, -0.15) is 13.2 Å². The van der Waals surface area contributed by atoms with Crippen molar-refractivity contribution >= 4 is 23.3 Å². The number of hydrogen-bond donors (Lipinski definition) is 1. The number of halogens is 4. The van der Waals surface area contributed by atoms with E-state index >= 15 is 0 Å². The van der Waals surface area contributed by atoms with Gasteiger partial charge in [0.25, 0.3) is 0 Å². The van der Waals surface area contributed by atoms with Gasteiger partial charge < -0.3 is 15.0 Å². The quantitative estimate of drug-likeness (QED) is 0.489. The fraction of sp³-hybridized carbons (Fsp3) is 0.643. The lowest BCUT2D eigenvalue weighted by molar-refractivity contribution is -0.145. The topological polar surface area (TPSA) is 86.7 Å². The highest BCUT2D eigenvalue weighted by atomic mass is 35.5. The van der Waals surface area contributed by atoms with Crippen molar-refractivity contribution in [3.8, 4) is 0 Å². The Bertz CT molecular complexity index is 1190. The summed E-state index contributed by atoms with van der Waals surface area (Å²) in [4.78, 5) is 32.4. The zero-order chi connectivity index (χ0) is 29.1. The molecule has 1 amide bonds. The first-order valence-corrected chi connectivity index (χ1v) is 14.7. The largest absolute Gasteiger partial charge is 0.451 e. The zero-order valence-electron chi connectivity index (χ0n) is 23.4. The van der Waals surface area contributed by atoms with Gasteiger partial charge in [-0.05, 0) is 38.3 Å². The molecule has 2 aliphatic heterocycles. The molecule has 1 N–H and O–H groups in total. The third-order valence-electron chi connectivity index (χ3n) is 8.27. The molecule has 3 atom stereocenters. The minimum atomic E-state index is -4.62. The van der Waals surface area contributed by atoms with E-state index in [4.69, 9.17) is 21.3 Å². The molecule has 2 fully saturated rings. The lowest BCUT2D eigenvalue weighted by Gasteiger charge is -2.38. The van der Waals surface area contributed by atoms with E-state index < -0.39 is 24.0 Å². The number of fused-ring (bicyclic) bond motifs is 1. The highest BCUT2D eigenvalue weighted by Crippen LogP contribution is 2.36. The van der Waals surface area contributed by atoms with Crippen LogP contribution in [0.4, 0.5) is 19.0 Å². The third kappa shape index (κ3) is 6.93. The van der Waals surface area contributed by atoms with Gasteiger partial charge in [0.2, 0.25) is 11.7 Å². The van der Waals surface area contributed by atoms with Crippen LogP contribution < -0.4 is 10.2 Å². The summed E-state index contributed by atoms with van der Waals surface area (Å²) in [5, 5.41) is 2.64. The van der Waals surface area contributed by atoms with E-state index in [1.165, 1.54) is 12.4 Å². The number of hydrogen-bond acceptors (Lipinski definition) is 8. The first-order valence-electron chi connectivity index (χ1n) is 14.2.